The second-order valence-electron chi connectivity index (χ2n) is 12.0. The Balaban J connectivity index is 1.30. The third kappa shape index (κ3) is 6.42. The molecule has 1 aliphatic carbocycles. The number of benzene rings is 3. The van der Waals surface area contributed by atoms with Gasteiger partial charge in [-0.15, -0.1) is 0 Å². The summed E-state index contributed by atoms with van der Waals surface area (Å²) in [4.78, 5) is 27.8. The predicted molar refractivity (Wildman–Crippen MR) is 167 cm³/mol. The first-order chi connectivity index (χ1) is 22.7. The summed E-state index contributed by atoms with van der Waals surface area (Å²) >= 11 is 3.42. The first kappa shape index (κ1) is 33.9. The normalized spacial score (nSPS) is 23.2. The highest BCUT2D eigenvalue weighted by Gasteiger charge is 2.57. The number of hydrogen-bond acceptors (Lipinski definition) is 5. The first-order valence-electron chi connectivity index (χ1n) is 15.0. The largest absolute Gasteiger partial charge is 0.507 e. The second-order valence-corrected chi connectivity index (χ2v) is 13.0. The molecule has 0 aromatic heterocycles. The van der Waals surface area contributed by atoms with Gasteiger partial charge in [-0.1, -0.05) is 46.3 Å². The Bertz CT molecular complexity index is 1790. The Morgan fingerprint density at radius 3 is 2.21 bits per heavy atom. The summed E-state index contributed by atoms with van der Waals surface area (Å²) in [5.74, 6) is -4.63. The van der Waals surface area contributed by atoms with Gasteiger partial charge in [0.25, 0.3) is 0 Å². The number of amides is 2. The van der Waals surface area contributed by atoms with Gasteiger partial charge in [-0.25, -0.2) is 4.90 Å². The van der Waals surface area contributed by atoms with Gasteiger partial charge < -0.3 is 14.9 Å². The van der Waals surface area contributed by atoms with E-state index in [1.165, 1.54) is 0 Å². The van der Waals surface area contributed by atoms with Crippen LogP contribution >= 0.6 is 15.9 Å². The van der Waals surface area contributed by atoms with Gasteiger partial charge in [0, 0.05) is 16.0 Å². The van der Waals surface area contributed by atoms with Crippen molar-refractivity contribution in [2.24, 2.45) is 17.8 Å². The average molecular weight is 737 g/mol. The van der Waals surface area contributed by atoms with Gasteiger partial charge in [0.15, 0.2) is 0 Å². The number of fused-ring (bicyclic) bond motifs is 3. The summed E-state index contributed by atoms with van der Waals surface area (Å²) < 4.78 is 88.5. The Morgan fingerprint density at radius 2 is 1.58 bits per heavy atom. The second kappa shape index (κ2) is 12.8. The first-order valence-corrected chi connectivity index (χ1v) is 15.8. The topological polar surface area (TPSA) is 87.1 Å². The van der Waals surface area contributed by atoms with Crippen LogP contribution in [0.3, 0.4) is 0 Å². The fourth-order valence-electron chi connectivity index (χ4n) is 7.01. The molecule has 2 N–H and O–H groups in total. The number of carbonyl (C=O) groups is 2. The minimum absolute atomic E-state index is 0.0231. The number of hydrogen-bond donors (Lipinski definition) is 2. The molecule has 2 heterocycles. The van der Waals surface area contributed by atoms with Crippen LogP contribution in [0.15, 0.2) is 82.3 Å². The average Bonchev–Trinajstić information content (AvgIpc) is 3.57. The SMILES string of the molecule is O=C1[C@@H]2[C@@H](CC(CO)=C3[C@@H](CC/C(=C/c4cc(Br)ccc4O)c4ccccc4)OC[C@@H]32)C(=O)N1c1cc(C(F)(F)F)cc(C(F)(F)F)c1. The van der Waals surface area contributed by atoms with Crippen molar-refractivity contribution >= 4 is 45.1 Å². The van der Waals surface area contributed by atoms with Crippen LogP contribution in [0.25, 0.3) is 11.6 Å². The smallest absolute Gasteiger partial charge is 0.416 e. The number of carbonyl (C=O) groups excluding carboxylic acids is 2. The summed E-state index contributed by atoms with van der Waals surface area (Å²) in [5, 5.41) is 20.8. The lowest BCUT2D eigenvalue weighted by Gasteiger charge is -2.31. The Labute approximate surface area is 279 Å². The number of phenols is 1. The van der Waals surface area contributed by atoms with Gasteiger partial charge in [0.1, 0.15) is 5.75 Å². The number of allylic oxidation sites excluding steroid dienone is 1. The van der Waals surface area contributed by atoms with E-state index < -0.39 is 71.4 Å². The molecule has 2 amide bonds. The zero-order valence-corrected chi connectivity index (χ0v) is 26.6. The van der Waals surface area contributed by atoms with Crippen LogP contribution in [0.2, 0.25) is 0 Å². The maximum absolute atomic E-state index is 13.8. The zero-order chi connectivity index (χ0) is 34.5. The van der Waals surface area contributed by atoms with E-state index in [1.54, 1.807) is 18.2 Å². The number of phenolic OH excluding ortho intramolecular Hbond substituents is 1. The van der Waals surface area contributed by atoms with Crippen LogP contribution in [0, 0.1) is 17.8 Å². The van der Waals surface area contributed by atoms with E-state index in [2.05, 4.69) is 15.9 Å². The van der Waals surface area contributed by atoms with Crippen LogP contribution in [0.4, 0.5) is 32.0 Å². The highest BCUT2D eigenvalue weighted by Crippen LogP contribution is 2.51. The molecule has 0 unspecified atom stereocenters. The molecule has 48 heavy (non-hydrogen) atoms. The molecular weight excluding hydrogens is 708 g/mol. The highest BCUT2D eigenvalue weighted by atomic mass is 79.9. The van der Waals surface area contributed by atoms with E-state index >= 15 is 0 Å². The lowest BCUT2D eigenvalue weighted by Crippen LogP contribution is -2.35. The Morgan fingerprint density at radius 1 is 0.917 bits per heavy atom. The quantitative estimate of drug-likeness (QED) is 0.111. The molecule has 6 rings (SSSR count). The molecule has 0 radical (unpaired) electrons. The maximum Gasteiger partial charge on any atom is 0.416 e. The number of halogens is 7. The Kier molecular flexibility index (Phi) is 9.07. The van der Waals surface area contributed by atoms with Crippen LogP contribution in [0.5, 0.6) is 5.75 Å². The molecule has 2 fully saturated rings. The predicted octanol–water partition coefficient (Wildman–Crippen LogP) is 8.03. The molecule has 6 nitrogen and oxygen atoms in total. The summed E-state index contributed by atoms with van der Waals surface area (Å²) in [6, 6.07) is 15.2. The standard InChI is InChI=1S/C35H28BrF6NO5/c36-24-7-8-28(45)20(11-24)10-19(18-4-2-1-3-5-18)6-9-29-30-21(16-44)12-26-31(27(30)17-48-29)33(47)43(32(26)46)25-14-22(34(37,38)39)13-23(15-25)35(40,41)42/h1-5,7-8,10-11,13-15,26-27,29,31,44-45H,6,9,12,16-17H2/b19-10-/t26-,27+,29-,31-/m1/s1. The molecule has 0 bridgehead atoms. The number of anilines is 1. The molecular formula is C35H28BrF6NO5. The molecule has 252 valence electrons. The van der Waals surface area contributed by atoms with E-state index in [-0.39, 0.29) is 24.8 Å². The van der Waals surface area contributed by atoms with Crippen molar-refractivity contribution in [3.05, 3.63) is 105 Å². The van der Waals surface area contributed by atoms with Crippen molar-refractivity contribution in [3.63, 3.8) is 0 Å². The van der Waals surface area contributed by atoms with Crippen LogP contribution in [0.1, 0.15) is 41.5 Å². The summed E-state index contributed by atoms with van der Waals surface area (Å²) in [7, 11) is 0. The number of aromatic hydroxyl groups is 1. The third-order valence-corrected chi connectivity index (χ3v) is 9.66. The number of imide groups is 1. The van der Waals surface area contributed by atoms with E-state index in [0.29, 0.717) is 46.6 Å². The van der Waals surface area contributed by atoms with Crippen molar-refractivity contribution in [3.8, 4) is 5.75 Å². The van der Waals surface area contributed by atoms with E-state index in [4.69, 9.17) is 4.74 Å². The van der Waals surface area contributed by atoms with Crippen LogP contribution in [-0.4, -0.2) is 41.3 Å². The minimum atomic E-state index is -5.16. The number of aliphatic hydroxyl groups excluding tert-OH is 1. The molecule has 0 spiro atoms. The lowest BCUT2D eigenvalue weighted by atomic mass is 9.69. The van der Waals surface area contributed by atoms with Gasteiger partial charge in [-0.05, 0) is 84.0 Å². The molecule has 2 aliphatic heterocycles. The number of aliphatic hydroxyl groups is 1. The summed E-state index contributed by atoms with van der Waals surface area (Å²) in [6.45, 7) is -0.490. The molecule has 3 aliphatic rings. The molecule has 3 aromatic carbocycles. The van der Waals surface area contributed by atoms with Crippen molar-refractivity contribution in [1.82, 2.24) is 0 Å². The van der Waals surface area contributed by atoms with Crippen LogP contribution < -0.4 is 4.90 Å². The van der Waals surface area contributed by atoms with Crippen molar-refractivity contribution in [1.29, 1.82) is 0 Å². The highest BCUT2D eigenvalue weighted by molar-refractivity contribution is 9.10. The van der Waals surface area contributed by atoms with Gasteiger partial charge in [0.2, 0.25) is 11.8 Å². The summed E-state index contributed by atoms with van der Waals surface area (Å²) in [5.41, 5.74) is -0.681. The Hall–Kier alpha value is -3.94. The third-order valence-electron chi connectivity index (χ3n) is 9.17. The molecule has 4 atom stereocenters. The lowest BCUT2D eigenvalue weighted by molar-refractivity contribution is -0.143. The summed E-state index contributed by atoms with van der Waals surface area (Å²) in [6.07, 6.45) is -8.33. The zero-order valence-electron chi connectivity index (χ0n) is 25.0. The van der Waals surface area contributed by atoms with Gasteiger partial charge in [-0.3, -0.25) is 9.59 Å². The van der Waals surface area contributed by atoms with E-state index in [1.807, 2.05) is 36.4 Å². The van der Waals surface area contributed by atoms with E-state index in [0.717, 1.165) is 15.6 Å². The van der Waals surface area contributed by atoms with Gasteiger partial charge >= 0.3 is 12.4 Å². The molecule has 0 saturated carbocycles. The van der Waals surface area contributed by atoms with Gasteiger partial charge in [-0.2, -0.15) is 26.3 Å². The minimum Gasteiger partial charge on any atom is -0.507 e. The van der Waals surface area contributed by atoms with E-state index in [9.17, 15) is 46.1 Å². The number of ether oxygens (including phenoxy) is 1. The van der Waals surface area contributed by atoms with Crippen LogP contribution in [-0.2, 0) is 26.7 Å². The fourth-order valence-corrected chi connectivity index (χ4v) is 7.39. The number of alkyl halides is 6. The van der Waals surface area contributed by atoms with Crippen molar-refractivity contribution in [2.45, 2.75) is 37.7 Å². The fraction of sp³-hybridized carbons (Fsp3) is 0.314. The number of rotatable bonds is 7. The monoisotopic (exact) mass is 735 g/mol. The molecule has 3 aromatic rings. The van der Waals surface area contributed by atoms with Crippen molar-refractivity contribution < 1.29 is 50.9 Å². The van der Waals surface area contributed by atoms with Gasteiger partial charge in [0.05, 0.1) is 48.0 Å². The maximum atomic E-state index is 13.8. The van der Waals surface area contributed by atoms with Crippen molar-refractivity contribution in [2.75, 3.05) is 18.1 Å². The molecule has 2 saturated heterocycles. The number of nitrogens with zero attached hydrogens (tertiary/aromatic N) is 1. The molecule has 13 heteroatoms.